The maximum absolute atomic E-state index is 14.0. The van der Waals surface area contributed by atoms with Crippen LogP contribution in [-0.2, 0) is 56.0 Å². The molecule has 1 heterocycles. The lowest BCUT2D eigenvalue weighted by molar-refractivity contribution is -0.142. The van der Waals surface area contributed by atoms with Crippen LogP contribution in [0.1, 0.15) is 77.8 Å². The van der Waals surface area contributed by atoms with Crippen LogP contribution in [0.15, 0.2) is 60.8 Å². The van der Waals surface area contributed by atoms with E-state index >= 15 is 0 Å². The number of aromatic nitrogens is 1. The van der Waals surface area contributed by atoms with Gasteiger partial charge < -0.3 is 52.2 Å². The van der Waals surface area contributed by atoms with E-state index in [0.717, 1.165) is 10.9 Å². The first-order valence-corrected chi connectivity index (χ1v) is 20.4. The number of benzene rings is 2. The van der Waals surface area contributed by atoms with Gasteiger partial charge in [-0.05, 0) is 35.4 Å². The van der Waals surface area contributed by atoms with Crippen LogP contribution in [0, 0.1) is 11.8 Å². The Morgan fingerprint density at radius 1 is 0.581 bits per heavy atom. The molecule has 3 rings (SSSR count). The van der Waals surface area contributed by atoms with E-state index in [1.807, 2.05) is 18.2 Å². The molecule has 0 fully saturated rings. The summed E-state index contributed by atoms with van der Waals surface area (Å²) in [5, 5.41) is 44.8. The van der Waals surface area contributed by atoms with Crippen molar-refractivity contribution in [1.29, 1.82) is 0 Å². The van der Waals surface area contributed by atoms with Gasteiger partial charge in [0.25, 0.3) is 0 Å². The molecule has 19 nitrogen and oxygen atoms in total. The summed E-state index contributed by atoms with van der Waals surface area (Å²) in [5.74, 6) is -10.6. The van der Waals surface area contributed by atoms with Crippen molar-refractivity contribution in [3.05, 3.63) is 71.9 Å². The van der Waals surface area contributed by atoms with Crippen LogP contribution in [-0.4, -0.2) is 110 Å². The van der Waals surface area contributed by atoms with Gasteiger partial charge in [0.1, 0.15) is 36.3 Å². The number of aromatic amines is 1. The number of amides is 6. The fraction of sp³-hybridized carbons (Fsp3) is 0.465. The number of carbonyl (C=O) groups is 9. The minimum Gasteiger partial charge on any atom is -0.481 e. The Morgan fingerprint density at radius 2 is 1.10 bits per heavy atom. The largest absolute Gasteiger partial charge is 0.481 e. The zero-order valence-corrected chi connectivity index (χ0v) is 35.4. The fourth-order valence-corrected chi connectivity index (χ4v) is 6.65. The number of rotatable bonds is 25. The number of H-pyrrole nitrogens is 1. The lowest BCUT2D eigenvalue weighted by atomic mass is 9.94. The molecule has 3 aromatic rings. The summed E-state index contributed by atoms with van der Waals surface area (Å²) in [6, 6.07) is 7.19. The number of hydrogen-bond acceptors (Lipinski definition) is 9. The van der Waals surface area contributed by atoms with Crippen molar-refractivity contribution < 1.29 is 58.5 Å². The quantitative estimate of drug-likeness (QED) is 0.0578. The van der Waals surface area contributed by atoms with Gasteiger partial charge in [0.05, 0.1) is 6.42 Å². The summed E-state index contributed by atoms with van der Waals surface area (Å²) >= 11 is 0. The Kier molecular flexibility index (Phi) is 19.1. The minimum absolute atomic E-state index is 0.00728. The molecule has 0 saturated carbocycles. The van der Waals surface area contributed by atoms with E-state index in [9.17, 15) is 58.5 Å². The predicted octanol–water partition coefficient (Wildman–Crippen LogP) is 1.40. The van der Waals surface area contributed by atoms with Crippen molar-refractivity contribution >= 4 is 64.3 Å². The molecule has 0 saturated heterocycles. The van der Waals surface area contributed by atoms with E-state index < -0.39 is 121 Å². The highest BCUT2D eigenvalue weighted by Gasteiger charge is 2.37. The Balaban J connectivity index is 1.83. The van der Waals surface area contributed by atoms with Gasteiger partial charge in [0.15, 0.2) is 0 Å². The standard InChI is InChI=1S/C43H57N7O12/c1-6-23(3)36(41(59)48-33(43(61)62)20-27-22-44-29-16-12-11-15-28(27)29)50-42(60)37(24(4)7-2)49-40(58)32(21-35(54)55)47-38(56)30(17-18-34(52)53)46-39(57)31(45-25(5)51)19-26-13-9-8-10-14-26/h8-16,22-24,30-33,36-37,44H,6-7,17-21H2,1-5H3,(H,45,51)(H,46,57)(H,47,56)(H,48,59)(H,49,58)(H,50,60)(H,52,53)(H,54,55)(H,61,62)/t23-,24-,30-,31+,32-,33-,36-,37-/m0/s1. The van der Waals surface area contributed by atoms with Gasteiger partial charge in [-0.2, -0.15) is 0 Å². The third-order valence-corrected chi connectivity index (χ3v) is 10.6. The Hall–Kier alpha value is -6.79. The van der Waals surface area contributed by atoms with Crippen LogP contribution < -0.4 is 31.9 Å². The van der Waals surface area contributed by atoms with E-state index in [-0.39, 0.29) is 12.8 Å². The molecule has 1 aromatic heterocycles. The molecule has 336 valence electrons. The number of carboxylic acids is 3. The van der Waals surface area contributed by atoms with E-state index in [1.54, 1.807) is 70.3 Å². The average molecular weight is 864 g/mol. The molecule has 19 heteroatoms. The fourth-order valence-electron chi connectivity index (χ4n) is 6.65. The van der Waals surface area contributed by atoms with Crippen LogP contribution in [0.2, 0.25) is 0 Å². The number of nitrogens with one attached hydrogen (secondary N) is 7. The maximum Gasteiger partial charge on any atom is 0.326 e. The van der Waals surface area contributed by atoms with Crippen LogP contribution in [0.25, 0.3) is 10.9 Å². The van der Waals surface area contributed by atoms with Crippen molar-refractivity contribution in [2.45, 2.75) is 116 Å². The van der Waals surface area contributed by atoms with E-state index in [0.29, 0.717) is 24.0 Å². The minimum atomic E-state index is -1.84. The summed E-state index contributed by atoms with van der Waals surface area (Å²) in [6.07, 6.45) is 0.197. The molecule has 8 atom stereocenters. The molecule has 0 aliphatic heterocycles. The van der Waals surface area contributed by atoms with Gasteiger partial charge in [0.2, 0.25) is 35.4 Å². The molecule has 0 unspecified atom stereocenters. The second-order valence-corrected chi connectivity index (χ2v) is 15.3. The monoisotopic (exact) mass is 863 g/mol. The van der Waals surface area contributed by atoms with Gasteiger partial charge >= 0.3 is 17.9 Å². The van der Waals surface area contributed by atoms with Gasteiger partial charge in [0, 0.05) is 43.3 Å². The van der Waals surface area contributed by atoms with Crippen molar-refractivity contribution in [3.8, 4) is 0 Å². The third-order valence-electron chi connectivity index (χ3n) is 10.6. The van der Waals surface area contributed by atoms with E-state index in [1.165, 1.54) is 6.92 Å². The highest BCUT2D eigenvalue weighted by molar-refractivity contribution is 5.98. The molecular formula is C43H57N7O12. The number of carboxylic acid groups (broad SMARTS) is 3. The molecule has 10 N–H and O–H groups in total. The van der Waals surface area contributed by atoms with Crippen molar-refractivity contribution in [1.82, 2.24) is 36.9 Å². The van der Waals surface area contributed by atoms with Crippen LogP contribution in [0.4, 0.5) is 0 Å². The number of para-hydroxylation sites is 1. The number of carbonyl (C=O) groups excluding carboxylic acids is 6. The molecular weight excluding hydrogens is 807 g/mol. The van der Waals surface area contributed by atoms with E-state index in [2.05, 4.69) is 36.9 Å². The molecule has 2 aromatic carbocycles. The van der Waals surface area contributed by atoms with Gasteiger partial charge in [-0.15, -0.1) is 0 Å². The zero-order chi connectivity index (χ0) is 46.1. The predicted molar refractivity (Wildman–Crippen MR) is 225 cm³/mol. The van der Waals surface area contributed by atoms with Gasteiger partial charge in [-0.25, -0.2) is 4.79 Å². The number of aliphatic carboxylic acids is 3. The average Bonchev–Trinajstić information content (AvgIpc) is 3.64. The van der Waals surface area contributed by atoms with Crippen LogP contribution in [0.5, 0.6) is 0 Å². The second-order valence-electron chi connectivity index (χ2n) is 15.3. The molecule has 0 spiro atoms. The molecule has 0 radical (unpaired) electrons. The summed E-state index contributed by atoms with van der Waals surface area (Å²) in [5.41, 5.74) is 2.09. The number of hydrogen-bond donors (Lipinski definition) is 10. The molecule has 0 bridgehead atoms. The smallest absolute Gasteiger partial charge is 0.326 e. The van der Waals surface area contributed by atoms with E-state index in [4.69, 9.17) is 0 Å². The van der Waals surface area contributed by atoms with Crippen molar-refractivity contribution in [2.75, 3.05) is 0 Å². The Bertz CT molecular complexity index is 2070. The SMILES string of the molecule is CC[C@H](C)[C@H](NC(=O)[C@H](CC(=O)O)NC(=O)[C@H](CCC(=O)O)NC(=O)[C@@H](Cc1ccccc1)NC(C)=O)C(=O)N[C@H](C(=O)N[C@@H](Cc1c[nH]c2ccccc12)C(=O)O)[C@@H](C)CC. The lowest BCUT2D eigenvalue weighted by Gasteiger charge is -2.30. The summed E-state index contributed by atoms with van der Waals surface area (Å²) in [4.78, 5) is 120. The Morgan fingerprint density at radius 3 is 1.66 bits per heavy atom. The Labute approximate surface area is 358 Å². The molecule has 62 heavy (non-hydrogen) atoms. The van der Waals surface area contributed by atoms with Crippen LogP contribution in [0.3, 0.4) is 0 Å². The highest BCUT2D eigenvalue weighted by atomic mass is 16.4. The topological polar surface area (TPSA) is 302 Å². The lowest BCUT2D eigenvalue weighted by Crippen LogP contribution is -2.61. The molecule has 6 amide bonds. The summed E-state index contributed by atoms with van der Waals surface area (Å²) in [6.45, 7) is 7.96. The van der Waals surface area contributed by atoms with Gasteiger partial charge in [-0.1, -0.05) is 89.1 Å². The first-order chi connectivity index (χ1) is 29.3. The number of fused-ring (bicyclic) bond motifs is 1. The zero-order valence-electron chi connectivity index (χ0n) is 35.4. The van der Waals surface area contributed by atoms with Crippen LogP contribution >= 0.6 is 0 Å². The van der Waals surface area contributed by atoms with Gasteiger partial charge in [-0.3, -0.25) is 38.4 Å². The van der Waals surface area contributed by atoms with Crippen molar-refractivity contribution in [3.63, 3.8) is 0 Å². The third kappa shape index (κ3) is 15.0. The molecule has 0 aliphatic rings. The summed E-state index contributed by atoms with van der Waals surface area (Å²) in [7, 11) is 0. The molecule has 0 aliphatic carbocycles. The first kappa shape index (κ1) is 49.6. The maximum atomic E-state index is 14.0. The van der Waals surface area contributed by atoms with Crippen molar-refractivity contribution in [2.24, 2.45) is 11.8 Å². The first-order valence-electron chi connectivity index (χ1n) is 20.4. The highest BCUT2D eigenvalue weighted by Crippen LogP contribution is 2.20. The normalized spacial score (nSPS) is 14.9. The summed E-state index contributed by atoms with van der Waals surface area (Å²) < 4.78 is 0. The second kappa shape index (κ2) is 23.9.